The Bertz CT molecular complexity index is 505. The number of thioether (sulfide) groups is 1. The lowest BCUT2D eigenvalue weighted by atomic mass is 10.2. The van der Waals surface area contributed by atoms with E-state index in [0.29, 0.717) is 5.56 Å². The lowest BCUT2D eigenvalue weighted by Crippen LogP contribution is -1.86. The summed E-state index contributed by atoms with van der Waals surface area (Å²) in [6.45, 7) is 0. The minimum Gasteiger partial charge on any atom is -0.231 e. The molecule has 0 aliphatic rings. The van der Waals surface area contributed by atoms with Crippen molar-refractivity contribution in [2.24, 2.45) is 0 Å². The summed E-state index contributed by atoms with van der Waals surface area (Å²) in [6.07, 6.45) is 3.45. The van der Waals surface area contributed by atoms with Crippen molar-refractivity contribution in [2.75, 3.05) is 0 Å². The van der Waals surface area contributed by atoms with Gasteiger partial charge in [-0.1, -0.05) is 23.9 Å². The van der Waals surface area contributed by atoms with Crippen molar-refractivity contribution in [1.29, 1.82) is 5.26 Å². The highest BCUT2D eigenvalue weighted by Gasteiger charge is 1.99. The van der Waals surface area contributed by atoms with Gasteiger partial charge in [-0.05, 0) is 23.8 Å². The van der Waals surface area contributed by atoms with E-state index in [1.807, 2.05) is 18.2 Å². The second-order valence-electron chi connectivity index (χ2n) is 3.13. The second kappa shape index (κ2) is 5.29. The summed E-state index contributed by atoms with van der Waals surface area (Å²) in [6, 6.07) is 11.5. The van der Waals surface area contributed by atoms with Crippen molar-refractivity contribution in [3.8, 4) is 6.07 Å². The van der Waals surface area contributed by atoms with E-state index < -0.39 is 0 Å². The van der Waals surface area contributed by atoms with Crippen LogP contribution in [0.25, 0.3) is 0 Å². The van der Waals surface area contributed by atoms with E-state index in [1.54, 1.807) is 36.3 Å². The molecule has 0 spiro atoms. The Hall–Kier alpha value is -1.86. The first-order chi connectivity index (χ1) is 7.88. The molecule has 78 valence electrons. The first-order valence-electron chi connectivity index (χ1n) is 4.77. The third-order valence-corrected chi connectivity index (χ3v) is 2.91. The van der Waals surface area contributed by atoms with Crippen LogP contribution in [-0.4, -0.2) is 9.97 Å². The lowest BCUT2D eigenvalue weighted by Gasteiger charge is -2.00. The Morgan fingerprint density at radius 1 is 1.19 bits per heavy atom. The Balaban J connectivity index is 2.03. The molecule has 1 aromatic carbocycles. The van der Waals surface area contributed by atoms with Gasteiger partial charge in [0.1, 0.15) is 0 Å². The predicted octanol–water partition coefficient (Wildman–Crippen LogP) is 2.64. The van der Waals surface area contributed by atoms with Crippen LogP contribution in [0.1, 0.15) is 11.1 Å². The zero-order chi connectivity index (χ0) is 11.2. The molecule has 0 aliphatic heterocycles. The van der Waals surface area contributed by atoms with Crippen LogP contribution in [-0.2, 0) is 5.75 Å². The lowest BCUT2D eigenvalue weighted by molar-refractivity contribution is 0.966. The quantitative estimate of drug-likeness (QED) is 0.597. The van der Waals surface area contributed by atoms with Crippen LogP contribution in [0.4, 0.5) is 0 Å². The molecule has 0 N–H and O–H groups in total. The van der Waals surface area contributed by atoms with Crippen LogP contribution >= 0.6 is 11.8 Å². The van der Waals surface area contributed by atoms with E-state index in [4.69, 9.17) is 5.26 Å². The van der Waals surface area contributed by atoms with E-state index in [1.165, 1.54) is 0 Å². The molecular formula is C12H9N3S. The topological polar surface area (TPSA) is 49.6 Å². The Labute approximate surface area is 98.2 Å². The van der Waals surface area contributed by atoms with E-state index in [0.717, 1.165) is 16.5 Å². The summed E-state index contributed by atoms with van der Waals surface area (Å²) >= 11 is 1.56. The molecule has 0 radical (unpaired) electrons. The molecule has 0 aliphatic carbocycles. The molecule has 16 heavy (non-hydrogen) atoms. The minimum atomic E-state index is 0.687. The largest absolute Gasteiger partial charge is 0.231 e. The minimum absolute atomic E-state index is 0.687. The average molecular weight is 227 g/mol. The Morgan fingerprint density at radius 2 is 2.00 bits per heavy atom. The number of rotatable bonds is 3. The number of nitriles is 1. The molecule has 0 bridgehead atoms. The Morgan fingerprint density at radius 3 is 2.75 bits per heavy atom. The van der Waals surface area contributed by atoms with Crippen molar-refractivity contribution in [3.63, 3.8) is 0 Å². The maximum atomic E-state index is 8.77. The van der Waals surface area contributed by atoms with Gasteiger partial charge in [0, 0.05) is 18.1 Å². The Kier molecular flexibility index (Phi) is 3.52. The molecule has 0 saturated carbocycles. The van der Waals surface area contributed by atoms with Gasteiger partial charge in [0.25, 0.3) is 0 Å². The van der Waals surface area contributed by atoms with Crippen LogP contribution in [0.3, 0.4) is 0 Å². The van der Waals surface area contributed by atoms with Gasteiger partial charge in [0.05, 0.1) is 11.6 Å². The zero-order valence-corrected chi connectivity index (χ0v) is 9.31. The highest BCUT2D eigenvalue weighted by Crippen LogP contribution is 2.18. The molecular weight excluding hydrogens is 218 g/mol. The van der Waals surface area contributed by atoms with Crippen LogP contribution in [0.2, 0.25) is 0 Å². The van der Waals surface area contributed by atoms with Crippen LogP contribution in [0.5, 0.6) is 0 Å². The maximum absolute atomic E-state index is 8.77. The third-order valence-electron chi connectivity index (χ3n) is 1.97. The second-order valence-corrected chi connectivity index (χ2v) is 4.07. The van der Waals surface area contributed by atoms with Crippen molar-refractivity contribution >= 4 is 11.8 Å². The smallest absolute Gasteiger partial charge is 0.187 e. The van der Waals surface area contributed by atoms with E-state index >= 15 is 0 Å². The molecule has 0 saturated heterocycles. The number of hydrogen-bond acceptors (Lipinski definition) is 4. The molecule has 1 heterocycles. The van der Waals surface area contributed by atoms with Gasteiger partial charge >= 0.3 is 0 Å². The average Bonchev–Trinajstić information content (AvgIpc) is 2.38. The molecule has 0 unspecified atom stereocenters. The number of aromatic nitrogens is 2. The molecule has 4 heteroatoms. The van der Waals surface area contributed by atoms with Gasteiger partial charge in [-0.3, -0.25) is 0 Å². The normalized spacial score (nSPS) is 9.69. The van der Waals surface area contributed by atoms with Gasteiger partial charge in [-0.2, -0.15) is 5.26 Å². The van der Waals surface area contributed by atoms with Crippen LogP contribution < -0.4 is 0 Å². The van der Waals surface area contributed by atoms with Gasteiger partial charge in [0.2, 0.25) is 0 Å². The summed E-state index contributed by atoms with van der Waals surface area (Å²) in [5.74, 6) is 0.777. The van der Waals surface area contributed by atoms with E-state index in [-0.39, 0.29) is 0 Å². The molecule has 0 amide bonds. The fraction of sp³-hybridized carbons (Fsp3) is 0.0833. The molecule has 2 aromatic rings. The zero-order valence-electron chi connectivity index (χ0n) is 8.50. The molecule has 0 atom stereocenters. The fourth-order valence-corrected chi connectivity index (χ4v) is 1.98. The van der Waals surface area contributed by atoms with Crippen molar-refractivity contribution in [1.82, 2.24) is 9.97 Å². The fourth-order valence-electron chi connectivity index (χ4n) is 1.24. The van der Waals surface area contributed by atoms with Gasteiger partial charge < -0.3 is 0 Å². The van der Waals surface area contributed by atoms with E-state index in [2.05, 4.69) is 16.0 Å². The van der Waals surface area contributed by atoms with E-state index in [9.17, 15) is 0 Å². The number of hydrogen-bond donors (Lipinski definition) is 0. The van der Waals surface area contributed by atoms with Gasteiger partial charge in [-0.15, -0.1) is 0 Å². The molecule has 0 fully saturated rings. The molecule has 3 nitrogen and oxygen atoms in total. The first-order valence-corrected chi connectivity index (χ1v) is 5.76. The van der Waals surface area contributed by atoms with Crippen molar-refractivity contribution in [2.45, 2.75) is 10.9 Å². The summed E-state index contributed by atoms with van der Waals surface area (Å²) in [5, 5.41) is 9.52. The highest BCUT2D eigenvalue weighted by atomic mass is 32.2. The van der Waals surface area contributed by atoms with Crippen LogP contribution in [0.15, 0.2) is 47.9 Å². The summed E-state index contributed by atoms with van der Waals surface area (Å²) in [4.78, 5) is 8.25. The molecule has 2 rings (SSSR count). The standard InChI is InChI=1S/C12H9N3S/c13-8-10-3-1-4-11(7-10)9-16-12-14-5-2-6-15-12/h1-7H,9H2. The van der Waals surface area contributed by atoms with Crippen LogP contribution in [0, 0.1) is 11.3 Å². The van der Waals surface area contributed by atoms with Gasteiger partial charge in [0.15, 0.2) is 5.16 Å². The summed E-state index contributed by atoms with van der Waals surface area (Å²) in [7, 11) is 0. The third kappa shape index (κ3) is 2.81. The summed E-state index contributed by atoms with van der Waals surface area (Å²) < 4.78 is 0. The summed E-state index contributed by atoms with van der Waals surface area (Å²) in [5.41, 5.74) is 1.79. The number of benzene rings is 1. The highest BCUT2D eigenvalue weighted by molar-refractivity contribution is 7.98. The first kappa shape index (κ1) is 10.7. The predicted molar refractivity (Wildman–Crippen MR) is 62.8 cm³/mol. The molecule has 1 aromatic heterocycles. The van der Waals surface area contributed by atoms with Gasteiger partial charge in [-0.25, -0.2) is 9.97 Å². The van der Waals surface area contributed by atoms with Crippen molar-refractivity contribution < 1.29 is 0 Å². The van der Waals surface area contributed by atoms with Crippen molar-refractivity contribution in [3.05, 3.63) is 53.9 Å². The maximum Gasteiger partial charge on any atom is 0.187 e. The monoisotopic (exact) mass is 227 g/mol. The SMILES string of the molecule is N#Cc1cccc(CSc2ncccn2)c1. The number of nitrogens with zero attached hydrogens (tertiary/aromatic N) is 3.